The number of hydrogen-bond donors (Lipinski definition) is 0. The molecule has 1 aromatic carbocycles. The van der Waals surface area contributed by atoms with Crippen LogP contribution in [-0.4, -0.2) is 70.1 Å². The van der Waals surface area contributed by atoms with Gasteiger partial charge in [-0.15, -0.1) is 23.2 Å². The fourth-order valence-corrected chi connectivity index (χ4v) is 14.4. The van der Waals surface area contributed by atoms with Crippen LogP contribution in [0.2, 0.25) is 0 Å². The predicted molar refractivity (Wildman–Crippen MR) is 148 cm³/mol. The molecule has 0 fully saturated rings. The molecule has 0 radical (unpaired) electrons. The number of carbonyl (C=O) groups is 1. The number of carbonyl (C=O) groups excluding carboxylic acids is 1. The van der Waals surface area contributed by atoms with Gasteiger partial charge in [0.15, 0.2) is 47.5 Å². The average Bonchev–Trinajstić information content (AvgIpc) is 2.85. The van der Waals surface area contributed by atoms with Gasteiger partial charge in [0, 0.05) is 28.6 Å². The van der Waals surface area contributed by atoms with Gasteiger partial charge in [0.1, 0.15) is 0 Å². The summed E-state index contributed by atoms with van der Waals surface area (Å²) < 4.78 is 99.2. The van der Waals surface area contributed by atoms with E-state index >= 15 is 0 Å². The van der Waals surface area contributed by atoms with Gasteiger partial charge < -0.3 is 0 Å². The van der Waals surface area contributed by atoms with Crippen molar-refractivity contribution in [3.63, 3.8) is 0 Å². The summed E-state index contributed by atoms with van der Waals surface area (Å²) >= 11 is 18.8. The van der Waals surface area contributed by atoms with Crippen LogP contribution in [0, 0.1) is 0 Å². The lowest BCUT2D eigenvalue weighted by Crippen LogP contribution is -2.49. The van der Waals surface area contributed by atoms with Crippen molar-refractivity contribution in [2.24, 2.45) is 0 Å². The number of halogens is 3. The van der Waals surface area contributed by atoms with Crippen LogP contribution in [0.5, 0.6) is 0 Å². The van der Waals surface area contributed by atoms with E-state index in [1.807, 2.05) is 0 Å². The van der Waals surface area contributed by atoms with E-state index in [4.69, 9.17) is 34.8 Å². The minimum atomic E-state index is -4.39. The van der Waals surface area contributed by atoms with Crippen LogP contribution in [0.3, 0.4) is 0 Å². The molecule has 16 heteroatoms. The van der Waals surface area contributed by atoms with E-state index in [9.17, 15) is 38.5 Å². The normalized spacial score (nSPS) is 15.8. The standard InChI is InChI=1S/C21H31Cl3O9S4/c1-7-34(26,27)20(5,35(28,29)8-2)17(22)14-11-15(13-16(12-14)19(24)25)18(23)21(6,36(30,31)9-3)37(32,33)10-4/h11-13,17-18H,7-10H2,1-6H3. The minimum Gasteiger partial charge on any atom is -0.276 e. The molecule has 1 rings (SSSR count). The molecule has 0 N–H and O–H groups in total. The van der Waals surface area contributed by atoms with Crippen molar-refractivity contribution >= 4 is 79.4 Å². The van der Waals surface area contributed by atoms with Crippen molar-refractivity contribution in [2.45, 2.75) is 60.5 Å². The zero-order valence-corrected chi connectivity index (χ0v) is 26.7. The van der Waals surface area contributed by atoms with E-state index in [2.05, 4.69) is 0 Å². The highest BCUT2D eigenvalue weighted by Crippen LogP contribution is 2.47. The third-order valence-corrected chi connectivity index (χ3v) is 20.8. The van der Waals surface area contributed by atoms with E-state index in [0.717, 1.165) is 32.0 Å². The Morgan fingerprint density at radius 1 is 0.649 bits per heavy atom. The molecule has 0 heterocycles. The van der Waals surface area contributed by atoms with Gasteiger partial charge in [-0.2, -0.15) is 0 Å². The summed E-state index contributed by atoms with van der Waals surface area (Å²) in [6.45, 7) is 6.89. The van der Waals surface area contributed by atoms with Gasteiger partial charge in [-0.25, -0.2) is 33.7 Å². The Labute approximate surface area is 234 Å². The van der Waals surface area contributed by atoms with Crippen LogP contribution in [-0.2, 0) is 39.3 Å². The molecule has 0 aliphatic carbocycles. The summed E-state index contributed by atoms with van der Waals surface area (Å²) in [5.41, 5.74) is -0.772. The third kappa shape index (κ3) is 5.74. The highest BCUT2D eigenvalue weighted by atomic mass is 35.5. The maximum absolute atomic E-state index is 13.0. The maximum atomic E-state index is 13.0. The van der Waals surface area contributed by atoms with Gasteiger partial charge in [0.25, 0.3) is 5.24 Å². The molecule has 1 aromatic rings. The first-order valence-electron chi connectivity index (χ1n) is 11.1. The minimum absolute atomic E-state index is 0.226. The molecule has 2 atom stereocenters. The van der Waals surface area contributed by atoms with Crippen molar-refractivity contribution in [2.75, 3.05) is 23.0 Å². The van der Waals surface area contributed by atoms with Crippen LogP contribution in [0.4, 0.5) is 0 Å². The number of sulfone groups is 4. The van der Waals surface area contributed by atoms with Crippen molar-refractivity contribution < 1.29 is 38.5 Å². The lowest BCUT2D eigenvalue weighted by Gasteiger charge is -2.35. The first-order valence-corrected chi connectivity index (χ1v) is 19.0. The third-order valence-electron chi connectivity index (χ3n) is 6.70. The summed E-state index contributed by atoms with van der Waals surface area (Å²) in [4.78, 5) is 12.1. The van der Waals surface area contributed by atoms with Gasteiger partial charge in [-0.05, 0) is 48.7 Å². The van der Waals surface area contributed by atoms with Gasteiger partial charge in [0.05, 0.1) is 10.8 Å². The Bertz CT molecular complexity index is 1300. The molecular weight excluding hydrogens is 631 g/mol. The Balaban J connectivity index is 4.17. The first kappa shape index (κ1) is 34.6. The number of hydrogen-bond acceptors (Lipinski definition) is 9. The Hall–Kier alpha value is -0.440. The molecular formula is C21H31Cl3O9S4. The van der Waals surface area contributed by atoms with E-state index < -0.39 is 86.5 Å². The second kappa shape index (κ2) is 11.6. The molecule has 0 bridgehead atoms. The molecule has 0 aliphatic heterocycles. The van der Waals surface area contributed by atoms with Gasteiger partial charge in [-0.3, -0.25) is 4.79 Å². The monoisotopic (exact) mass is 660 g/mol. The SMILES string of the molecule is CCS(=O)(=O)C(C)(C(Cl)c1cc(C(=O)Cl)cc(C(Cl)C(C)(S(=O)(=O)CC)S(=O)(=O)CC)c1)S(=O)(=O)CC. The molecule has 0 amide bonds. The molecule has 0 aromatic heterocycles. The molecule has 37 heavy (non-hydrogen) atoms. The van der Waals surface area contributed by atoms with Gasteiger partial charge >= 0.3 is 0 Å². The molecule has 214 valence electrons. The van der Waals surface area contributed by atoms with E-state index in [1.165, 1.54) is 27.7 Å². The predicted octanol–water partition coefficient (Wildman–Crippen LogP) is 3.80. The quantitative estimate of drug-likeness (QED) is 0.227. The lowest BCUT2D eigenvalue weighted by atomic mass is 9.99. The Morgan fingerprint density at radius 2 is 0.892 bits per heavy atom. The molecule has 0 saturated heterocycles. The molecule has 9 nitrogen and oxygen atoms in total. The second-order valence-corrected chi connectivity index (χ2v) is 20.9. The highest BCUT2D eigenvalue weighted by molar-refractivity contribution is 8.10. The summed E-state index contributed by atoms with van der Waals surface area (Å²) in [6, 6.07) is 3.23. The Kier molecular flexibility index (Phi) is 10.8. The lowest BCUT2D eigenvalue weighted by molar-refractivity contribution is 0.108. The average molecular weight is 662 g/mol. The summed E-state index contributed by atoms with van der Waals surface area (Å²) in [5.74, 6) is -2.31. The summed E-state index contributed by atoms with van der Waals surface area (Å²) in [7, 11) is -17.6. The molecule has 2 unspecified atom stereocenters. The van der Waals surface area contributed by atoms with Crippen LogP contribution in [0.25, 0.3) is 0 Å². The largest absolute Gasteiger partial charge is 0.276 e. The molecule has 0 saturated carbocycles. The van der Waals surface area contributed by atoms with Crippen molar-refractivity contribution in [3.05, 3.63) is 34.9 Å². The fourth-order valence-electron chi connectivity index (χ4n) is 3.85. The van der Waals surface area contributed by atoms with Gasteiger partial charge in [-0.1, -0.05) is 33.8 Å². The molecule has 0 aliphatic rings. The fraction of sp³-hybridized carbons (Fsp3) is 0.667. The smallest absolute Gasteiger partial charge is 0.252 e. The Morgan fingerprint density at radius 3 is 1.08 bits per heavy atom. The van der Waals surface area contributed by atoms with Crippen molar-refractivity contribution in [3.8, 4) is 0 Å². The van der Waals surface area contributed by atoms with Crippen LogP contribution in [0.15, 0.2) is 18.2 Å². The van der Waals surface area contributed by atoms with Gasteiger partial charge in [0.2, 0.25) is 0 Å². The number of benzene rings is 1. The van der Waals surface area contributed by atoms with Crippen LogP contribution < -0.4 is 0 Å². The zero-order chi connectivity index (χ0) is 29.4. The van der Waals surface area contributed by atoms with Crippen molar-refractivity contribution in [1.29, 1.82) is 0 Å². The van der Waals surface area contributed by atoms with Crippen molar-refractivity contribution in [1.82, 2.24) is 0 Å². The second-order valence-electron chi connectivity index (χ2n) is 8.53. The van der Waals surface area contributed by atoms with E-state index in [0.29, 0.717) is 0 Å². The maximum Gasteiger partial charge on any atom is 0.252 e. The van der Waals surface area contributed by atoms with E-state index in [-0.39, 0.29) is 16.7 Å². The zero-order valence-electron chi connectivity index (χ0n) is 21.2. The highest BCUT2D eigenvalue weighted by Gasteiger charge is 2.57. The number of alkyl halides is 2. The molecule has 0 spiro atoms. The van der Waals surface area contributed by atoms with Crippen LogP contribution >= 0.6 is 34.8 Å². The topological polar surface area (TPSA) is 154 Å². The van der Waals surface area contributed by atoms with E-state index in [1.54, 1.807) is 0 Å². The first-order chi connectivity index (χ1) is 16.6. The summed E-state index contributed by atoms with van der Waals surface area (Å²) in [5, 5.41) is -4.69. The van der Waals surface area contributed by atoms with Crippen LogP contribution in [0.1, 0.15) is 73.8 Å². The summed E-state index contributed by atoms with van der Waals surface area (Å²) in [6.07, 6.45) is 0. The number of rotatable bonds is 13.